The first-order valence-corrected chi connectivity index (χ1v) is 13.5. The Morgan fingerprint density at radius 1 is 1.16 bits per heavy atom. The Kier molecular flexibility index (Phi) is 9.84. The SMILES string of the molecule is CC1(CNc2nc(-c3cc(CC4CCC(NCCOC(F)(F)F)CC4)ncc3Cl)ccc2F)CCOCC1. The molecule has 1 aliphatic heterocycles. The lowest BCUT2D eigenvalue weighted by molar-refractivity contribution is -0.323. The highest BCUT2D eigenvalue weighted by molar-refractivity contribution is 6.33. The van der Waals surface area contributed by atoms with Gasteiger partial charge in [0.1, 0.15) is 0 Å². The highest BCUT2D eigenvalue weighted by Crippen LogP contribution is 2.33. The van der Waals surface area contributed by atoms with Crippen LogP contribution in [-0.2, 0) is 15.9 Å². The number of nitrogens with zero attached hydrogens (tertiary/aromatic N) is 2. The molecule has 0 atom stereocenters. The zero-order valence-electron chi connectivity index (χ0n) is 21.6. The van der Waals surface area contributed by atoms with E-state index in [9.17, 15) is 17.6 Å². The average molecular weight is 559 g/mol. The molecule has 1 aliphatic carbocycles. The van der Waals surface area contributed by atoms with E-state index in [1.54, 1.807) is 12.3 Å². The van der Waals surface area contributed by atoms with E-state index in [-0.39, 0.29) is 30.4 Å². The standard InChI is InChI=1S/C27H35ClF4N4O2/c1-26(8-11-37-12-9-26)17-35-25-23(29)6-7-24(36-25)21-15-20(34-16-22(21)28)14-18-2-4-19(5-3-18)33-10-13-38-27(30,31)32/h6-7,15-16,18-19,33H,2-5,8-14,17H2,1H3,(H,35,36). The number of hydrogen-bond acceptors (Lipinski definition) is 6. The molecule has 0 aromatic carbocycles. The van der Waals surface area contributed by atoms with Crippen molar-refractivity contribution in [2.75, 3.05) is 38.2 Å². The van der Waals surface area contributed by atoms with Gasteiger partial charge in [-0.1, -0.05) is 18.5 Å². The second kappa shape index (κ2) is 12.9. The third-order valence-electron chi connectivity index (χ3n) is 7.56. The summed E-state index contributed by atoms with van der Waals surface area (Å²) < 4.78 is 60.2. The molecule has 2 aromatic rings. The van der Waals surface area contributed by atoms with Crippen LogP contribution in [0.5, 0.6) is 0 Å². The molecule has 11 heteroatoms. The molecular formula is C27H35ClF4N4O2. The fourth-order valence-corrected chi connectivity index (χ4v) is 5.34. The Morgan fingerprint density at radius 2 is 1.89 bits per heavy atom. The Hall–Kier alpha value is -2.01. The summed E-state index contributed by atoms with van der Waals surface area (Å²) >= 11 is 6.47. The minimum absolute atomic E-state index is 0.0230. The van der Waals surface area contributed by atoms with Crippen molar-refractivity contribution in [1.29, 1.82) is 0 Å². The second-order valence-corrected chi connectivity index (χ2v) is 11.0. The first kappa shape index (κ1) is 29.0. The molecule has 38 heavy (non-hydrogen) atoms. The van der Waals surface area contributed by atoms with Crippen molar-refractivity contribution in [3.63, 3.8) is 0 Å². The van der Waals surface area contributed by atoms with Crippen LogP contribution in [0.15, 0.2) is 24.4 Å². The van der Waals surface area contributed by atoms with Crippen LogP contribution in [0.25, 0.3) is 11.3 Å². The van der Waals surface area contributed by atoms with E-state index < -0.39 is 12.2 Å². The summed E-state index contributed by atoms with van der Waals surface area (Å²) in [6.45, 7) is 3.97. The maximum Gasteiger partial charge on any atom is 0.522 e. The Bertz CT molecular complexity index is 1060. The molecule has 1 saturated carbocycles. The normalized spacial score (nSPS) is 21.8. The predicted octanol–water partition coefficient (Wildman–Crippen LogP) is 6.39. The van der Waals surface area contributed by atoms with Gasteiger partial charge in [-0.3, -0.25) is 9.72 Å². The fraction of sp³-hybridized carbons (Fsp3) is 0.630. The van der Waals surface area contributed by atoms with E-state index in [1.807, 2.05) is 6.07 Å². The van der Waals surface area contributed by atoms with Gasteiger partial charge in [-0.15, -0.1) is 13.2 Å². The van der Waals surface area contributed by atoms with E-state index in [0.29, 0.717) is 42.0 Å². The zero-order valence-corrected chi connectivity index (χ0v) is 22.3. The topological polar surface area (TPSA) is 68.3 Å². The summed E-state index contributed by atoms with van der Waals surface area (Å²) in [6, 6.07) is 5.14. The van der Waals surface area contributed by atoms with Crippen LogP contribution in [-0.4, -0.2) is 55.3 Å². The maximum absolute atomic E-state index is 14.6. The van der Waals surface area contributed by atoms with Crippen molar-refractivity contribution in [2.24, 2.45) is 11.3 Å². The minimum Gasteiger partial charge on any atom is -0.381 e. The smallest absolute Gasteiger partial charge is 0.381 e. The summed E-state index contributed by atoms with van der Waals surface area (Å²) in [7, 11) is 0. The molecule has 0 spiro atoms. The van der Waals surface area contributed by atoms with Crippen LogP contribution in [0.4, 0.5) is 23.4 Å². The number of rotatable bonds is 10. The number of alkyl halides is 3. The van der Waals surface area contributed by atoms with E-state index in [4.69, 9.17) is 16.3 Å². The highest BCUT2D eigenvalue weighted by Gasteiger charge is 2.29. The number of aromatic nitrogens is 2. The third kappa shape index (κ3) is 8.49. The molecule has 1 saturated heterocycles. The van der Waals surface area contributed by atoms with E-state index in [2.05, 4.69) is 32.3 Å². The summed E-state index contributed by atoms with van der Waals surface area (Å²) in [5.41, 5.74) is 2.19. The molecule has 2 fully saturated rings. The van der Waals surface area contributed by atoms with E-state index in [0.717, 1.165) is 50.6 Å². The highest BCUT2D eigenvalue weighted by atomic mass is 35.5. The molecule has 6 nitrogen and oxygen atoms in total. The number of nitrogens with one attached hydrogen (secondary N) is 2. The van der Waals surface area contributed by atoms with Gasteiger partial charge >= 0.3 is 6.36 Å². The minimum atomic E-state index is -4.59. The molecule has 2 N–H and O–H groups in total. The van der Waals surface area contributed by atoms with Crippen LogP contribution < -0.4 is 10.6 Å². The first-order chi connectivity index (χ1) is 18.1. The van der Waals surface area contributed by atoms with Crippen LogP contribution in [0.1, 0.15) is 51.1 Å². The largest absolute Gasteiger partial charge is 0.522 e. The quantitative estimate of drug-likeness (QED) is 0.260. The molecule has 0 bridgehead atoms. The number of halogens is 5. The van der Waals surface area contributed by atoms with Gasteiger partial charge in [0.05, 0.1) is 17.3 Å². The van der Waals surface area contributed by atoms with Crippen LogP contribution in [0, 0.1) is 17.2 Å². The number of pyridine rings is 2. The first-order valence-electron chi connectivity index (χ1n) is 13.2. The average Bonchev–Trinajstić information content (AvgIpc) is 2.88. The molecular weight excluding hydrogens is 524 g/mol. The van der Waals surface area contributed by atoms with Gasteiger partial charge < -0.3 is 15.4 Å². The third-order valence-corrected chi connectivity index (χ3v) is 7.86. The van der Waals surface area contributed by atoms with Gasteiger partial charge in [-0.25, -0.2) is 9.37 Å². The molecule has 4 rings (SSSR count). The van der Waals surface area contributed by atoms with E-state index in [1.165, 1.54) is 6.07 Å². The van der Waals surface area contributed by atoms with Gasteiger partial charge in [-0.05, 0) is 74.5 Å². The summed E-state index contributed by atoms with van der Waals surface area (Å²) in [4.78, 5) is 9.06. The van der Waals surface area contributed by atoms with Crippen LogP contribution in [0.2, 0.25) is 5.02 Å². The van der Waals surface area contributed by atoms with Crippen LogP contribution >= 0.6 is 11.6 Å². The molecule has 210 valence electrons. The number of ether oxygens (including phenoxy) is 2. The van der Waals surface area contributed by atoms with Crippen molar-refractivity contribution in [1.82, 2.24) is 15.3 Å². The number of hydrogen-bond donors (Lipinski definition) is 2. The van der Waals surface area contributed by atoms with Gasteiger partial charge in [0.15, 0.2) is 11.6 Å². The van der Waals surface area contributed by atoms with Crippen LogP contribution in [0.3, 0.4) is 0 Å². The van der Waals surface area contributed by atoms with Crippen molar-refractivity contribution in [2.45, 2.75) is 64.3 Å². The van der Waals surface area contributed by atoms with Crippen molar-refractivity contribution in [3.05, 3.63) is 40.9 Å². The Balaban J connectivity index is 1.33. The summed E-state index contributed by atoms with van der Waals surface area (Å²) in [5, 5.41) is 6.79. The second-order valence-electron chi connectivity index (χ2n) is 10.6. The number of anilines is 1. The molecule has 0 radical (unpaired) electrons. The van der Waals surface area contributed by atoms with Crippen molar-refractivity contribution in [3.8, 4) is 11.3 Å². The van der Waals surface area contributed by atoms with Crippen molar-refractivity contribution >= 4 is 17.4 Å². The lowest BCUT2D eigenvalue weighted by atomic mass is 9.82. The maximum atomic E-state index is 14.6. The Labute approximate surface area is 225 Å². The van der Waals surface area contributed by atoms with Gasteiger partial charge in [0, 0.05) is 49.8 Å². The van der Waals surface area contributed by atoms with Gasteiger partial charge in [-0.2, -0.15) is 0 Å². The van der Waals surface area contributed by atoms with Crippen molar-refractivity contribution < 1.29 is 27.0 Å². The van der Waals surface area contributed by atoms with Gasteiger partial charge in [0.25, 0.3) is 0 Å². The molecule has 2 aromatic heterocycles. The lowest BCUT2D eigenvalue weighted by Crippen LogP contribution is -2.36. The predicted molar refractivity (Wildman–Crippen MR) is 139 cm³/mol. The van der Waals surface area contributed by atoms with E-state index >= 15 is 0 Å². The summed E-state index contributed by atoms with van der Waals surface area (Å²) in [5.74, 6) is 0.209. The molecule has 0 amide bonds. The summed E-state index contributed by atoms with van der Waals surface area (Å²) in [6.07, 6.45) is 3.27. The lowest BCUT2D eigenvalue weighted by Gasteiger charge is -2.33. The Morgan fingerprint density at radius 3 is 2.61 bits per heavy atom. The fourth-order valence-electron chi connectivity index (χ4n) is 5.14. The molecule has 0 unspecified atom stereocenters. The molecule has 2 aliphatic rings. The zero-order chi connectivity index (χ0) is 27.2. The van der Waals surface area contributed by atoms with Gasteiger partial charge in [0.2, 0.25) is 0 Å². The monoisotopic (exact) mass is 558 g/mol. The molecule has 3 heterocycles.